The van der Waals surface area contributed by atoms with Gasteiger partial charge < -0.3 is 5.11 Å². The minimum Gasteiger partial charge on any atom is -0.481 e. The topological polar surface area (TPSA) is 71.3 Å². The second-order valence-electron chi connectivity index (χ2n) is 6.26. The van der Waals surface area contributed by atoms with E-state index in [1.54, 1.807) is 28.9 Å². The zero-order valence-electron chi connectivity index (χ0n) is 14.8. The predicted molar refractivity (Wildman–Crippen MR) is 106 cm³/mol. The Hall–Kier alpha value is -3.05. The van der Waals surface area contributed by atoms with Crippen LogP contribution in [0, 0.1) is 6.92 Å². The van der Waals surface area contributed by atoms with Gasteiger partial charge in [0.25, 0.3) is 5.91 Å². The summed E-state index contributed by atoms with van der Waals surface area (Å²) >= 11 is 5.97. The van der Waals surface area contributed by atoms with Gasteiger partial charge in [-0.05, 0) is 43.3 Å². The van der Waals surface area contributed by atoms with Crippen LogP contribution in [0.1, 0.15) is 28.0 Å². The van der Waals surface area contributed by atoms with Crippen LogP contribution >= 0.6 is 11.6 Å². The first-order chi connectivity index (χ1) is 12.9. The van der Waals surface area contributed by atoms with E-state index in [0.29, 0.717) is 22.7 Å². The fraction of sp³-hybridized carbons (Fsp3) is 0.143. The van der Waals surface area contributed by atoms with Crippen LogP contribution < -0.4 is 5.43 Å². The van der Waals surface area contributed by atoms with Crippen molar-refractivity contribution in [3.63, 3.8) is 0 Å². The molecule has 138 valence electrons. The van der Waals surface area contributed by atoms with Gasteiger partial charge in [-0.1, -0.05) is 41.4 Å². The number of nitrogens with one attached hydrogen (secondary N) is 1. The normalized spacial score (nSPS) is 10.6. The number of aromatic nitrogens is 1. The fourth-order valence-electron chi connectivity index (χ4n) is 2.84. The molecule has 0 fully saturated rings. The molecule has 1 amide bonds. The van der Waals surface area contributed by atoms with Gasteiger partial charge in [-0.3, -0.25) is 19.7 Å². The lowest BCUT2D eigenvalue weighted by molar-refractivity contribution is -0.136. The fourth-order valence-corrected chi connectivity index (χ4v) is 2.97. The molecule has 0 spiro atoms. The highest BCUT2D eigenvalue weighted by Gasteiger charge is 2.15. The van der Waals surface area contributed by atoms with Crippen LogP contribution in [0.5, 0.6) is 0 Å². The minimum atomic E-state index is -0.888. The lowest BCUT2D eigenvalue weighted by atomic mass is 10.1. The third-order valence-corrected chi connectivity index (χ3v) is 4.44. The van der Waals surface area contributed by atoms with E-state index in [1.165, 1.54) is 0 Å². The van der Waals surface area contributed by atoms with Gasteiger partial charge in [0.2, 0.25) is 0 Å². The summed E-state index contributed by atoms with van der Waals surface area (Å²) in [5.41, 5.74) is 6.75. The van der Waals surface area contributed by atoms with E-state index in [4.69, 9.17) is 16.7 Å². The van der Waals surface area contributed by atoms with Crippen LogP contribution in [-0.2, 0) is 11.2 Å². The summed E-state index contributed by atoms with van der Waals surface area (Å²) in [5, 5.41) is 9.62. The van der Waals surface area contributed by atoms with Crippen molar-refractivity contribution in [1.29, 1.82) is 0 Å². The van der Waals surface area contributed by atoms with E-state index in [-0.39, 0.29) is 12.3 Å². The number of nitrogens with zero attached hydrogens (tertiary/aromatic N) is 1. The Bertz CT molecular complexity index is 977. The number of carbonyl (C=O) groups is 2. The number of halogens is 1. The maximum absolute atomic E-state index is 12.7. The Morgan fingerprint density at radius 3 is 2.48 bits per heavy atom. The highest BCUT2D eigenvalue weighted by Crippen LogP contribution is 2.24. The maximum atomic E-state index is 12.7. The quantitative estimate of drug-likeness (QED) is 0.658. The van der Waals surface area contributed by atoms with E-state index >= 15 is 0 Å². The molecule has 0 aliphatic carbocycles. The SMILES string of the molecule is Cc1cccc(C(=O)Nn2c(CCC(=O)O)ccc2-c2ccc(Cl)cc2)c1. The van der Waals surface area contributed by atoms with E-state index in [2.05, 4.69) is 5.43 Å². The molecule has 0 atom stereocenters. The van der Waals surface area contributed by atoms with Crippen LogP contribution in [-0.4, -0.2) is 21.7 Å². The number of amides is 1. The van der Waals surface area contributed by atoms with E-state index in [0.717, 1.165) is 16.8 Å². The molecule has 6 heteroatoms. The predicted octanol–water partition coefficient (Wildman–Crippen LogP) is 4.52. The number of carbonyl (C=O) groups excluding carboxylic acids is 1. The average molecular weight is 383 g/mol. The monoisotopic (exact) mass is 382 g/mol. The molecule has 1 aromatic heterocycles. The molecular weight excluding hydrogens is 364 g/mol. The second-order valence-corrected chi connectivity index (χ2v) is 6.69. The third kappa shape index (κ3) is 4.57. The zero-order valence-corrected chi connectivity index (χ0v) is 15.5. The van der Waals surface area contributed by atoms with Gasteiger partial charge in [-0.15, -0.1) is 0 Å². The van der Waals surface area contributed by atoms with Crippen LogP contribution in [0.3, 0.4) is 0 Å². The summed E-state index contributed by atoms with van der Waals surface area (Å²) in [6.07, 6.45) is 0.279. The summed E-state index contributed by atoms with van der Waals surface area (Å²) in [4.78, 5) is 23.7. The van der Waals surface area contributed by atoms with Gasteiger partial charge in [-0.2, -0.15) is 0 Å². The first-order valence-corrected chi connectivity index (χ1v) is 8.88. The summed E-state index contributed by atoms with van der Waals surface area (Å²) < 4.78 is 1.65. The van der Waals surface area contributed by atoms with E-state index in [9.17, 15) is 9.59 Å². The molecule has 1 heterocycles. The van der Waals surface area contributed by atoms with Crippen molar-refractivity contribution in [2.75, 3.05) is 5.43 Å². The lowest BCUT2D eigenvalue weighted by Gasteiger charge is -2.15. The molecular formula is C21H19ClN2O3. The van der Waals surface area contributed by atoms with E-state index < -0.39 is 5.97 Å². The van der Waals surface area contributed by atoms with Gasteiger partial charge in [0.15, 0.2) is 0 Å². The molecule has 0 bridgehead atoms. The third-order valence-electron chi connectivity index (χ3n) is 4.19. The first kappa shape index (κ1) is 18.7. The molecule has 0 saturated heterocycles. The average Bonchev–Trinajstić information content (AvgIpc) is 3.03. The van der Waals surface area contributed by atoms with Crippen LogP contribution in [0.15, 0.2) is 60.7 Å². The van der Waals surface area contributed by atoms with Crippen molar-refractivity contribution >= 4 is 23.5 Å². The highest BCUT2D eigenvalue weighted by molar-refractivity contribution is 6.30. The van der Waals surface area contributed by atoms with Crippen LogP contribution in [0.25, 0.3) is 11.3 Å². The molecule has 2 aromatic carbocycles. The highest BCUT2D eigenvalue weighted by atomic mass is 35.5. The Kier molecular flexibility index (Phi) is 5.62. The van der Waals surface area contributed by atoms with Crippen molar-refractivity contribution in [3.05, 3.63) is 82.5 Å². The molecule has 0 aliphatic heterocycles. The van der Waals surface area contributed by atoms with Crippen molar-refractivity contribution in [2.45, 2.75) is 19.8 Å². The zero-order chi connectivity index (χ0) is 19.4. The number of rotatable bonds is 6. The Morgan fingerprint density at radius 2 is 1.81 bits per heavy atom. The first-order valence-electron chi connectivity index (χ1n) is 8.50. The molecule has 3 aromatic rings. The van der Waals surface area contributed by atoms with Crippen molar-refractivity contribution in [1.82, 2.24) is 4.68 Å². The standard InChI is InChI=1S/C21H19ClN2O3/c1-14-3-2-4-16(13-14)21(27)23-24-18(10-12-20(25)26)9-11-19(24)15-5-7-17(22)8-6-15/h2-9,11,13H,10,12H2,1H3,(H,23,27)(H,25,26). The summed E-state index contributed by atoms with van der Waals surface area (Å²) in [5.74, 6) is -1.15. The molecule has 3 rings (SSSR count). The number of carboxylic acid groups (broad SMARTS) is 1. The lowest BCUT2D eigenvalue weighted by Crippen LogP contribution is -2.25. The summed E-state index contributed by atoms with van der Waals surface area (Å²) in [6.45, 7) is 1.92. The number of hydrogen-bond acceptors (Lipinski definition) is 2. The molecule has 0 saturated carbocycles. The molecule has 0 radical (unpaired) electrons. The molecule has 0 aliphatic rings. The number of aryl methyl sites for hydroxylation is 2. The maximum Gasteiger partial charge on any atom is 0.303 e. The largest absolute Gasteiger partial charge is 0.481 e. The van der Waals surface area contributed by atoms with Crippen LogP contribution in [0.2, 0.25) is 5.02 Å². The smallest absolute Gasteiger partial charge is 0.303 e. The van der Waals surface area contributed by atoms with Gasteiger partial charge in [0.1, 0.15) is 0 Å². The molecule has 2 N–H and O–H groups in total. The van der Waals surface area contributed by atoms with E-state index in [1.807, 2.05) is 43.3 Å². The van der Waals surface area contributed by atoms with Gasteiger partial charge in [-0.25, -0.2) is 0 Å². The number of aliphatic carboxylic acids is 1. The van der Waals surface area contributed by atoms with Gasteiger partial charge in [0.05, 0.1) is 12.1 Å². The second kappa shape index (κ2) is 8.10. The molecule has 27 heavy (non-hydrogen) atoms. The Balaban J connectivity index is 1.96. The van der Waals surface area contributed by atoms with Gasteiger partial charge in [0, 0.05) is 28.3 Å². The molecule has 0 unspecified atom stereocenters. The number of carboxylic acids is 1. The van der Waals surface area contributed by atoms with Crippen molar-refractivity contribution in [2.24, 2.45) is 0 Å². The summed E-state index contributed by atoms with van der Waals surface area (Å²) in [7, 11) is 0. The summed E-state index contributed by atoms with van der Waals surface area (Å²) in [6, 6.07) is 18.2. The number of benzene rings is 2. The Labute approximate surface area is 162 Å². The van der Waals surface area contributed by atoms with Gasteiger partial charge >= 0.3 is 5.97 Å². The van der Waals surface area contributed by atoms with Crippen LogP contribution in [0.4, 0.5) is 0 Å². The minimum absolute atomic E-state index is 0.0234. The molecule has 5 nitrogen and oxygen atoms in total. The Morgan fingerprint density at radius 1 is 1.07 bits per heavy atom. The number of hydrogen-bond donors (Lipinski definition) is 2. The van der Waals surface area contributed by atoms with Crippen molar-refractivity contribution in [3.8, 4) is 11.3 Å². The van der Waals surface area contributed by atoms with Crippen molar-refractivity contribution < 1.29 is 14.7 Å².